The molecule has 2 aromatic rings. The molecule has 0 aliphatic carbocycles. The van der Waals surface area contributed by atoms with Crippen LogP contribution in [0, 0.1) is 0 Å². The fourth-order valence-corrected chi connectivity index (χ4v) is 2.20. The molecular weight excluding hydrogens is 302 g/mol. The van der Waals surface area contributed by atoms with Crippen molar-refractivity contribution in [2.75, 3.05) is 11.4 Å². The molecule has 24 heavy (non-hydrogen) atoms. The molecule has 0 saturated carbocycles. The largest absolute Gasteiger partial charge is 0.389 e. The van der Waals surface area contributed by atoms with Gasteiger partial charge in [-0.25, -0.2) is 4.98 Å². The molecule has 0 atom stereocenters. The molecule has 0 radical (unpaired) electrons. The second-order valence-corrected chi connectivity index (χ2v) is 5.41. The summed E-state index contributed by atoms with van der Waals surface area (Å²) in [7, 11) is 0. The number of pyridine rings is 1. The minimum Gasteiger partial charge on any atom is -0.389 e. The molecule has 1 aromatic carbocycles. The summed E-state index contributed by atoms with van der Waals surface area (Å²) >= 11 is 0. The molecule has 2 rings (SSSR count). The van der Waals surface area contributed by atoms with E-state index < -0.39 is 0 Å². The van der Waals surface area contributed by atoms with Crippen LogP contribution in [-0.2, 0) is 16.2 Å². The maximum atomic E-state index is 11.3. The zero-order valence-corrected chi connectivity index (χ0v) is 14.0. The van der Waals surface area contributed by atoms with Crippen LogP contribution >= 0.6 is 0 Å². The number of amides is 1. The maximum absolute atomic E-state index is 11.3. The third kappa shape index (κ3) is 5.83. The number of rotatable bonds is 10. The quantitative estimate of drug-likeness (QED) is 0.289. The molecule has 0 unspecified atom stereocenters. The second kappa shape index (κ2) is 10.2. The fourth-order valence-electron chi connectivity index (χ4n) is 2.20. The van der Waals surface area contributed by atoms with E-state index in [0.29, 0.717) is 12.4 Å². The lowest BCUT2D eigenvalue weighted by molar-refractivity contribution is -0.107. The molecule has 0 aliphatic heterocycles. The van der Waals surface area contributed by atoms with E-state index in [-0.39, 0.29) is 6.61 Å². The van der Waals surface area contributed by atoms with Crippen LogP contribution in [0.5, 0.6) is 0 Å². The number of carbonyl (C=O) groups excluding carboxylic acids is 1. The van der Waals surface area contributed by atoms with Gasteiger partial charge in [0.15, 0.2) is 6.61 Å². The monoisotopic (exact) mass is 325 g/mol. The van der Waals surface area contributed by atoms with E-state index in [9.17, 15) is 4.79 Å². The Kier molecular flexibility index (Phi) is 7.47. The van der Waals surface area contributed by atoms with Gasteiger partial charge in [-0.3, -0.25) is 9.69 Å². The normalized spacial score (nSPS) is 10.7. The van der Waals surface area contributed by atoms with Gasteiger partial charge in [-0.2, -0.15) is 0 Å². The predicted octanol–water partition coefficient (Wildman–Crippen LogP) is 3.79. The van der Waals surface area contributed by atoms with Gasteiger partial charge in [0.2, 0.25) is 6.41 Å². The van der Waals surface area contributed by atoms with Crippen molar-refractivity contribution in [2.24, 2.45) is 5.16 Å². The number of hydrogen-bond donors (Lipinski definition) is 0. The van der Waals surface area contributed by atoms with Crippen molar-refractivity contribution in [2.45, 2.75) is 32.8 Å². The van der Waals surface area contributed by atoms with Crippen LogP contribution in [0.3, 0.4) is 0 Å². The fraction of sp³-hybridized carbons (Fsp3) is 0.316. The molecule has 1 amide bonds. The van der Waals surface area contributed by atoms with Gasteiger partial charge in [-0.05, 0) is 24.1 Å². The van der Waals surface area contributed by atoms with Crippen LogP contribution in [0.1, 0.15) is 37.4 Å². The summed E-state index contributed by atoms with van der Waals surface area (Å²) in [6.45, 7) is 3.08. The van der Waals surface area contributed by atoms with Gasteiger partial charge < -0.3 is 4.84 Å². The van der Waals surface area contributed by atoms with Gasteiger partial charge >= 0.3 is 0 Å². The van der Waals surface area contributed by atoms with Crippen molar-refractivity contribution in [1.82, 2.24) is 4.98 Å². The predicted molar refractivity (Wildman–Crippen MR) is 96.0 cm³/mol. The van der Waals surface area contributed by atoms with Crippen molar-refractivity contribution < 1.29 is 9.63 Å². The number of anilines is 1. The van der Waals surface area contributed by atoms with Crippen LogP contribution in [0.25, 0.3) is 0 Å². The van der Waals surface area contributed by atoms with Crippen molar-refractivity contribution >= 4 is 18.4 Å². The number of benzene rings is 1. The highest BCUT2D eigenvalue weighted by Gasteiger charge is 2.07. The summed E-state index contributed by atoms with van der Waals surface area (Å²) in [5.74, 6) is 0.647. The topological polar surface area (TPSA) is 54.8 Å². The zero-order chi connectivity index (χ0) is 17.0. The lowest BCUT2D eigenvalue weighted by Crippen LogP contribution is -2.23. The Labute approximate surface area is 143 Å². The Morgan fingerprint density at radius 1 is 1.12 bits per heavy atom. The molecule has 5 nitrogen and oxygen atoms in total. The van der Waals surface area contributed by atoms with Crippen LogP contribution < -0.4 is 4.90 Å². The molecule has 0 fully saturated rings. The summed E-state index contributed by atoms with van der Waals surface area (Å²) in [6.07, 6.45) is 5.68. The number of nitrogens with zero attached hydrogens (tertiary/aromatic N) is 3. The van der Waals surface area contributed by atoms with Gasteiger partial charge in [-0.1, -0.05) is 61.3 Å². The van der Waals surface area contributed by atoms with Gasteiger partial charge in [-0.15, -0.1) is 0 Å². The van der Waals surface area contributed by atoms with Crippen LogP contribution in [-0.4, -0.2) is 24.2 Å². The van der Waals surface area contributed by atoms with Crippen LogP contribution in [0.15, 0.2) is 53.7 Å². The lowest BCUT2D eigenvalue weighted by Gasteiger charge is -2.16. The number of oxime groups is 1. The summed E-state index contributed by atoms with van der Waals surface area (Å²) in [5.41, 5.74) is 1.71. The Hall–Kier alpha value is -2.69. The van der Waals surface area contributed by atoms with Crippen molar-refractivity contribution in [3.8, 4) is 0 Å². The first kappa shape index (κ1) is 17.7. The Morgan fingerprint density at radius 2 is 1.96 bits per heavy atom. The highest BCUT2D eigenvalue weighted by Crippen LogP contribution is 2.12. The minimum absolute atomic E-state index is 0.263. The van der Waals surface area contributed by atoms with E-state index in [2.05, 4.69) is 17.1 Å². The van der Waals surface area contributed by atoms with E-state index >= 15 is 0 Å². The Bertz CT molecular complexity index is 644. The van der Waals surface area contributed by atoms with Crippen LogP contribution in [0.2, 0.25) is 0 Å². The van der Waals surface area contributed by atoms with E-state index in [1.165, 1.54) is 0 Å². The summed E-state index contributed by atoms with van der Waals surface area (Å²) in [5, 5.41) is 3.94. The SMILES string of the molecule is CCCCCN(C=O)c1cccc(CON=Cc2ccccc2)n1. The van der Waals surface area contributed by atoms with Crippen molar-refractivity contribution in [3.05, 3.63) is 59.8 Å². The second-order valence-electron chi connectivity index (χ2n) is 5.41. The highest BCUT2D eigenvalue weighted by molar-refractivity contribution is 5.78. The summed E-state index contributed by atoms with van der Waals surface area (Å²) in [4.78, 5) is 22.6. The minimum atomic E-state index is 0.263. The van der Waals surface area contributed by atoms with Gasteiger partial charge in [0.05, 0.1) is 11.9 Å². The van der Waals surface area contributed by atoms with E-state index in [4.69, 9.17) is 4.84 Å². The smallest absolute Gasteiger partial charge is 0.215 e. The lowest BCUT2D eigenvalue weighted by atomic mass is 10.2. The van der Waals surface area contributed by atoms with Crippen molar-refractivity contribution in [3.63, 3.8) is 0 Å². The summed E-state index contributed by atoms with van der Waals surface area (Å²) in [6, 6.07) is 15.3. The van der Waals surface area contributed by atoms with E-state index in [1.807, 2.05) is 48.5 Å². The average Bonchev–Trinajstić information content (AvgIpc) is 2.64. The first-order valence-corrected chi connectivity index (χ1v) is 8.21. The van der Waals surface area contributed by atoms with E-state index in [1.54, 1.807) is 11.1 Å². The molecule has 1 aromatic heterocycles. The maximum Gasteiger partial charge on any atom is 0.215 e. The molecular formula is C19H23N3O2. The third-order valence-corrected chi connectivity index (χ3v) is 3.50. The molecule has 0 N–H and O–H groups in total. The molecule has 1 heterocycles. The highest BCUT2D eigenvalue weighted by atomic mass is 16.6. The zero-order valence-electron chi connectivity index (χ0n) is 14.0. The molecule has 0 bridgehead atoms. The van der Waals surface area contributed by atoms with Gasteiger partial charge in [0.25, 0.3) is 0 Å². The molecule has 126 valence electrons. The first-order valence-electron chi connectivity index (χ1n) is 8.21. The first-order chi connectivity index (χ1) is 11.8. The number of unbranched alkanes of at least 4 members (excludes halogenated alkanes) is 2. The standard InChI is InChI=1S/C19H23N3O2/c1-2-3-7-13-22(16-23)19-12-8-11-18(21-19)15-24-20-14-17-9-5-4-6-10-17/h4-6,8-12,14,16H,2-3,7,13,15H2,1H3. The van der Waals surface area contributed by atoms with E-state index in [0.717, 1.165) is 36.9 Å². The van der Waals surface area contributed by atoms with Crippen molar-refractivity contribution in [1.29, 1.82) is 0 Å². The molecule has 0 spiro atoms. The summed E-state index contributed by atoms with van der Waals surface area (Å²) < 4.78 is 0. The van der Waals surface area contributed by atoms with Crippen LogP contribution in [0.4, 0.5) is 5.82 Å². The number of aromatic nitrogens is 1. The number of carbonyl (C=O) groups is 1. The Morgan fingerprint density at radius 3 is 2.71 bits per heavy atom. The number of hydrogen-bond acceptors (Lipinski definition) is 4. The van der Waals surface area contributed by atoms with Gasteiger partial charge in [0.1, 0.15) is 5.82 Å². The average molecular weight is 325 g/mol. The third-order valence-electron chi connectivity index (χ3n) is 3.50. The Balaban J connectivity index is 1.89. The van der Waals surface area contributed by atoms with Gasteiger partial charge in [0, 0.05) is 6.54 Å². The molecule has 0 saturated heterocycles. The molecule has 5 heteroatoms. The molecule has 0 aliphatic rings.